The Morgan fingerprint density at radius 1 is 1.44 bits per heavy atom. The number of benzene rings is 1. The van der Waals surface area contributed by atoms with Gasteiger partial charge in [0.1, 0.15) is 11.9 Å². The number of primary amides is 1. The fourth-order valence-corrected chi connectivity index (χ4v) is 1.87. The zero-order valence-electron chi connectivity index (χ0n) is 8.48. The molecule has 5 nitrogen and oxygen atoms in total. The molecule has 1 aromatic carbocycles. The summed E-state index contributed by atoms with van der Waals surface area (Å²) in [5.74, 6) is -1.65. The van der Waals surface area contributed by atoms with Crippen LogP contribution in [0.15, 0.2) is 24.3 Å². The van der Waals surface area contributed by atoms with Crippen molar-refractivity contribution >= 4 is 15.9 Å². The molecular formula is C9H11FN2O3S. The van der Waals surface area contributed by atoms with Crippen molar-refractivity contribution in [2.24, 2.45) is 5.73 Å². The van der Waals surface area contributed by atoms with E-state index in [9.17, 15) is 17.6 Å². The van der Waals surface area contributed by atoms with Gasteiger partial charge in [0, 0.05) is 5.56 Å². The Morgan fingerprint density at radius 2 is 2.00 bits per heavy atom. The van der Waals surface area contributed by atoms with Crippen LogP contribution in [-0.4, -0.2) is 20.6 Å². The highest BCUT2D eigenvalue weighted by Crippen LogP contribution is 2.16. The van der Waals surface area contributed by atoms with Gasteiger partial charge in [-0.25, -0.2) is 12.8 Å². The topological polar surface area (TPSA) is 89.3 Å². The largest absolute Gasteiger partial charge is 0.368 e. The summed E-state index contributed by atoms with van der Waals surface area (Å²) in [6, 6.07) is 3.93. The number of halogens is 1. The first-order chi connectivity index (χ1) is 7.31. The Kier molecular flexibility index (Phi) is 3.61. The van der Waals surface area contributed by atoms with Crippen molar-refractivity contribution in [3.8, 4) is 0 Å². The smallest absolute Gasteiger partial charge is 0.240 e. The molecule has 0 fully saturated rings. The molecule has 0 aliphatic rings. The lowest BCUT2D eigenvalue weighted by Crippen LogP contribution is -2.37. The zero-order chi connectivity index (χ0) is 12.3. The van der Waals surface area contributed by atoms with E-state index in [1.165, 1.54) is 18.2 Å². The third-order valence-electron chi connectivity index (χ3n) is 1.83. The molecule has 0 bridgehead atoms. The Bertz CT molecular complexity index is 501. The van der Waals surface area contributed by atoms with Crippen LogP contribution >= 0.6 is 0 Å². The molecule has 1 rings (SSSR count). The minimum atomic E-state index is -3.65. The Balaban J connectivity index is 3.14. The van der Waals surface area contributed by atoms with Crippen LogP contribution in [0.4, 0.5) is 4.39 Å². The quantitative estimate of drug-likeness (QED) is 0.777. The minimum Gasteiger partial charge on any atom is -0.368 e. The average molecular weight is 246 g/mol. The number of hydrogen-bond donors (Lipinski definition) is 2. The van der Waals surface area contributed by atoms with Gasteiger partial charge in [-0.2, -0.15) is 4.72 Å². The van der Waals surface area contributed by atoms with Gasteiger partial charge in [-0.3, -0.25) is 4.79 Å². The predicted molar refractivity (Wildman–Crippen MR) is 56.3 cm³/mol. The number of hydrogen-bond acceptors (Lipinski definition) is 3. The molecule has 0 aliphatic heterocycles. The second kappa shape index (κ2) is 4.58. The van der Waals surface area contributed by atoms with E-state index in [2.05, 4.69) is 0 Å². The van der Waals surface area contributed by atoms with Crippen molar-refractivity contribution in [2.45, 2.75) is 6.04 Å². The van der Waals surface area contributed by atoms with E-state index < -0.39 is 27.8 Å². The lowest BCUT2D eigenvalue weighted by Gasteiger charge is -2.14. The van der Waals surface area contributed by atoms with Crippen LogP contribution in [0.1, 0.15) is 11.6 Å². The molecule has 16 heavy (non-hydrogen) atoms. The lowest BCUT2D eigenvalue weighted by atomic mass is 10.1. The van der Waals surface area contributed by atoms with E-state index in [-0.39, 0.29) is 5.56 Å². The summed E-state index contributed by atoms with van der Waals surface area (Å²) < 4.78 is 37.3. The summed E-state index contributed by atoms with van der Waals surface area (Å²) in [6.45, 7) is 0. The average Bonchev–Trinajstić information content (AvgIpc) is 2.13. The van der Waals surface area contributed by atoms with Crippen LogP contribution in [0.2, 0.25) is 0 Å². The highest BCUT2D eigenvalue weighted by Gasteiger charge is 2.24. The third kappa shape index (κ3) is 3.28. The summed E-state index contributed by atoms with van der Waals surface area (Å²) in [4.78, 5) is 11.1. The van der Waals surface area contributed by atoms with Crippen LogP contribution in [-0.2, 0) is 14.8 Å². The van der Waals surface area contributed by atoms with E-state index in [1.807, 2.05) is 4.72 Å². The fourth-order valence-electron chi connectivity index (χ4n) is 1.20. The van der Waals surface area contributed by atoms with E-state index in [0.29, 0.717) is 0 Å². The molecule has 88 valence electrons. The van der Waals surface area contributed by atoms with Gasteiger partial charge < -0.3 is 5.73 Å². The molecule has 1 atom stereocenters. The van der Waals surface area contributed by atoms with Gasteiger partial charge in [-0.1, -0.05) is 18.2 Å². The Morgan fingerprint density at radius 3 is 2.44 bits per heavy atom. The predicted octanol–water partition coefficient (Wildman–Crippen LogP) is -0.0987. The Hall–Kier alpha value is -1.47. The number of sulfonamides is 1. The van der Waals surface area contributed by atoms with Crippen LogP contribution < -0.4 is 10.5 Å². The first kappa shape index (κ1) is 12.6. The maximum Gasteiger partial charge on any atom is 0.240 e. The van der Waals surface area contributed by atoms with Crippen LogP contribution in [0, 0.1) is 5.82 Å². The fraction of sp³-hybridized carbons (Fsp3) is 0.222. The summed E-state index contributed by atoms with van der Waals surface area (Å²) in [5, 5.41) is 0. The summed E-state index contributed by atoms with van der Waals surface area (Å²) >= 11 is 0. The summed E-state index contributed by atoms with van der Waals surface area (Å²) in [7, 11) is -3.65. The van der Waals surface area contributed by atoms with Gasteiger partial charge in [-0.05, 0) is 6.07 Å². The molecule has 1 aromatic rings. The third-order valence-corrected chi connectivity index (χ3v) is 2.50. The van der Waals surface area contributed by atoms with E-state index >= 15 is 0 Å². The number of nitrogens with one attached hydrogen (secondary N) is 1. The maximum absolute atomic E-state index is 13.3. The van der Waals surface area contributed by atoms with Crippen molar-refractivity contribution in [1.82, 2.24) is 4.72 Å². The molecule has 0 saturated heterocycles. The van der Waals surface area contributed by atoms with Crippen LogP contribution in [0.3, 0.4) is 0 Å². The van der Waals surface area contributed by atoms with E-state index in [4.69, 9.17) is 5.73 Å². The zero-order valence-corrected chi connectivity index (χ0v) is 9.29. The van der Waals surface area contributed by atoms with E-state index in [1.54, 1.807) is 0 Å². The van der Waals surface area contributed by atoms with Gasteiger partial charge in [-0.15, -0.1) is 0 Å². The van der Waals surface area contributed by atoms with Crippen molar-refractivity contribution in [1.29, 1.82) is 0 Å². The summed E-state index contributed by atoms with van der Waals surface area (Å²) in [5.41, 5.74) is 4.92. The molecular weight excluding hydrogens is 235 g/mol. The minimum absolute atomic E-state index is 0.0968. The highest BCUT2D eigenvalue weighted by atomic mass is 32.2. The monoisotopic (exact) mass is 246 g/mol. The molecule has 0 aliphatic carbocycles. The normalized spacial score (nSPS) is 13.4. The molecule has 3 N–H and O–H groups in total. The van der Waals surface area contributed by atoms with Crippen molar-refractivity contribution in [2.75, 3.05) is 6.26 Å². The summed E-state index contributed by atoms with van der Waals surface area (Å²) in [6.07, 6.45) is 0.865. The maximum atomic E-state index is 13.3. The van der Waals surface area contributed by atoms with Crippen molar-refractivity contribution < 1.29 is 17.6 Å². The van der Waals surface area contributed by atoms with E-state index in [0.717, 1.165) is 12.3 Å². The number of carbonyl (C=O) groups is 1. The van der Waals surface area contributed by atoms with Gasteiger partial charge >= 0.3 is 0 Å². The molecule has 0 spiro atoms. The van der Waals surface area contributed by atoms with Crippen molar-refractivity contribution in [3.63, 3.8) is 0 Å². The van der Waals surface area contributed by atoms with Crippen LogP contribution in [0.5, 0.6) is 0 Å². The number of carbonyl (C=O) groups excluding carboxylic acids is 1. The molecule has 0 heterocycles. The molecule has 1 amide bonds. The second-order valence-electron chi connectivity index (χ2n) is 3.25. The lowest BCUT2D eigenvalue weighted by molar-refractivity contribution is -0.119. The SMILES string of the molecule is CS(=O)(=O)NC(C(N)=O)c1ccccc1F. The van der Waals surface area contributed by atoms with Gasteiger partial charge in [0.05, 0.1) is 6.26 Å². The molecule has 0 radical (unpaired) electrons. The first-order valence-corrected chi connectivity index (χ1v) is 6.21. The van der Waals surface area contributed by atoms with Gasteiger partial charge in [0.2, 0.25) is 15.9 Å². The van der Waals surface area contributed by atoms with Crippen LogP contribution in [0.25, 0.3) is 0 Å². The first-order valence-electron chi connectivity index (χ1n) is 4.32. The molecule has 0 aromatic heterocycles. The van der Waals surface area contributed by atoms with Gasteiger partial charge in [0.25, 0.3) is 0 Å². The highest BCUT2D eigenvalue weighted by molar-refractivity contribution is 7.88. The number of amides is 1. The number of nitrogens with two attached hydrogens (primary N) is 1. The molecule has 7 heteroatoms. The van der Waals surface area contributed by atoms with Gasteiger partial charge in [0.15, 0.2) is 0 Å². The molecule has 1 unspecified atom stereocenters. The second-order valence-corrected chi connectivity index (χ2v) is 5.03. The Labute approximate surface area is 92.5 Å². The standard InChI is InChI=1S/C9H11FN2O3S/c1-16(14,15)12-8(9(11)13)6-4-2-3-5-7(6)10/h2-5,8,12H,1H3,(H2,11,13). The van der Waals surface area contributed by atoms with Crippen molar-refractivity contribution in [3.05, 3.63) is 35.6 Å². The molecule has 0 saturated carbocycles. The number of rotatable bonds is 4.